The van der Waals surface area contributed by atoms with Crippen molar-refractivity contribution < 1.29 is 4.79 Å². The number of hydrogen-bond donors (Lipinski definition) is 0. The summed E-state index contributed by atoms with van der Waals surface area (Å²) in [6.07, 6.45) is 7.61. The SMILES string of the molecule is C=CC1CCC2C(=O)C=CC(=C)C12. The van der Waals surface area contributed by atoms with E-state index in [1.165, 1.54) is 0 Å². The third kappa shape index (κ3) is 1.19. The van der Waals surface area contributed by atoms with Crippen LogP contribution in [0.2, 0.25) is 0 Å². The Morgan fingerprint density at radius 3 is 2.85 bits per heavy atom. The lowest BCUT2D eigenvalue weighted by Gasteiger charge is -2.25. The van der Waals surface area contributed by atoms with Crippen LogP contribution in [0.4, 0.5) is 0 Å². The summed E-state index contributed by atoms with van der Waals surface area (Å²) in [5.41, 5.74) is 1.10. The summed E-state index contributed by atoms with van der Waals surface area (Å²) in [5.74, 6) is 1.28. The van der Waals surface area contributed by atoms with Crippen LogP contribution in [-0.4, -0.2) is 5.78 Å². The molecule has 0 amide bonds. The Morgan fingerprint density at radius 1 is 1.38 bits per heavy atom. The Balaban J connectivity index is 2.33. The molecular weight excluding hydrogens is 160 g/mol. The van der Waals surface area contributed by atoms with Crippen LogP contribution in [0.25, 0.3) is 0 Å². The van der Waals surface area contributed by atoms with Crippen molar-refractivity contribution in [3.8, 4) is 0 Å². The molecule has 0 bridgehead atoms. The summed E-state index contributed by atoms with van der Waals surface area (Å²) in [6.45, 7) is 7.82. The maximum Gasteiger partial charge on any atom is 0.159 e. The van der Waals surface area contributed by atoms with E-state index in [0.717, 1.165) is 18.4 Å². The molecule has 2 aliphatic rings. The maximum absolute atomic E-state index is 11.5. The largest absolute Gasteiger partial charge is 0.295 e. The number of carbonyl (C=O) groups is 1. The third-order valence-electron chi connectivity index (χ3n) is 3.26. The number of carbonyl (C=O) groups excluding carboxylic acids is 1. The predicted molar refractivity (Wildman–Crippen MR) is 53.2 cm³/mol. The molecular formula is C12H14O. The van der Waals surface area contributed by atoms with Crippen LogP contribution in [0, 0.1) is 17.8 Å². The molecule has 0 aliphatic heterocycles. The minimum atomic E-state index is 0.195. The second kappa shape index (κ2) is 2.99. The summed E-state index contributed by atoms with van der Waals surface area (Å²) in [4.78, 5) is 11.5. The molecule has 0 radical (unpaired) electrons. The van der Waals surface area contributed by atoms with Gasteiger partial charge in [-0.15, -0.1) is 6.58 Å². The highest BCUT2D eigenvalue weighted by atomic mass is 16.1. The molecule has 0 spiro atoms. The Morgan fingerprint density at radius 2 is 2.15 bits per heavy atom. The van der Waals surface area contributed by atoms with Crippen molar-refractivity contribution in [3.63, 3.8) is 0 Å². The van der Waals surface area contributed by atoms with E-state index < -0.39 is 0 Å². The first-order valence-electron chi connectivity index (χ1n) is 4.77. The molecule has 3 atom stereocenters. The van der Waals surface area contributed by atoms with Gasteiger partial charge in [-0.3, -0.25) is 4.79 Å². The highest BCUT2D eigenvalue weighted by molar-refractivity contribution is 5.94. The zero-order valence-corrected chi connectivity index (χ0v) is 7.70. The van der Waals surface area contributed by atoms with Crippen molar-refractivity contribution in [3.05, 3.63) is 37.0 Å². The fourth-order valence-corrected chi connectivity index (χ4v) is 2.57. The van der Waals surface area contributed by atoms with Gasteiger partial charge in [-0.25, -0.2) is 0 Å². The van der Waals surface area contributed by atoms with Gasteiger partial charge in [0, 0.05) is 5.92 Å². The summed E-state index contributed by atoms with van der Waals surface area (Å²) >= 11 is 0. The minimum Gasteiger partial charge on any atom is -0.295 e. The Kier molecular flexibility index (Phi) is 1.95. The van der Waals surface area contributed by atoms with E-state index in [4.69, 9.17) is 0 Å². The van der Waals surface area contributed by atoms with Gasteiger partial charge in [0.05, 0.1) is 0 Å². The molecule has 0 aromatic rings. The lowest BCUT2D eigenvalue weighted by molar-refractivity contribution is -0.119. The van der Waals surface area contributed by atoms with Gasteiger partial charge in [0.15, 0.2) is 5.78 Å². The van der Waals surface area contributed by atoms with Crippen molar-refractivity contribution in [2.24, 2.45) is 17.8 Å². The fraction of sp³-hybridized carbons (Fsp3) is 0.417. The zero-order valence-electron chi connectivity index (χ0n) is 7.70. The van der Waals surface area contributed by atoms with Crippen molar-refractivity contribution in [2.45, 2.75) is 12.8 Å². The quantitative estimate of drug-likeness (QED) is 0.558. The molecule has 0 aromatic heterocycles. The number of rotatable bonds is 1. The van der Waals surface area contributed by atoms with Crippen LogP contribution >= 0.6 is 0 Å². The van der Waals surface area contributed by atoms with Gasteiger partial charge >= 0.3 is 0 Å². The first-order valence-corrected chi connectivity index (χ1v) is 4.77. The molecule has 0 N–H and O–H groups in total. The van der Waals surface area contributed by atoms with Crippen molar-refractivity contribution in [2.75, 3.05) is 0 Å². The average Bonchev–Trinajstić information content (AvgIpc) is 2.56. The average molecular weight is 174 g/mol. The van der Waals surface area contributed by atoms with Gasteiger partial charge in [-0.05, 0) is 30.8 Å². The molecule has 13 heavy (non-hydrogen) atoms. The molecule has 68 valence electrons. The summed E-state index contributed by atoms with van der Waals surface area (Å²) < 4.78 is 0. The third-order valence-corrected chi connectivity index (χ3v) is 3.26. The number of ketones is 1. The second-order valence-electron chi connectivity index (χ2n) is 3.92. The standard InChI is InChI=1S/C12H14O/c1-3-9-5-6-10-11(13)7-4-8(2)12(9)10/h3-4,7,9-10,12H,1-2,5-6H2. The van der Waals surface area contributed by atoms with Crippen molar-refractivity contribution in [1.29, 1.82) is 0 Å². The molecule has 1 fully saturated rings. The number of allylic oxidation sites excluding steroid dienone is 4. The second-order valence-corrected chi connectivity index (χ2v) is 3.92. The Hall–Kier alpha value is -1.11. The van der Waals surface area contributed by atoms with Crippen LogP contribution in [-0.2, 0) is 4.79 Å². The topological polar surface area (TPSA) is 17.1 Å². The predicted octanol–water partition coefficient (Wildman–Crippen LogP) is 2.51. The van der Waals surface area contributed by atoms with Crippen LogP contribution in [0.15, 0.2) is 37.0 Å². The van der Waals surface area contributed by atoms with E-state index >= 15 is 0 Å². The molecule has 0 saturated heterocycles. The van der Waals surface area contributed by atoms with E-state index in [-0.39, 0.29) is 11.7 Å². The van der Waals surface area contributed by atoms with E-state index in [1.54, 1.807) is 6.08 Å². The van der Waals surface area contributed by atoms with Crippen LogP contribution in [0.3, 0.4) is 0 Å². The number of fused-ring (bicyclic) bond motifs is 1. The molecule has 1 heteroatoms. The molecule has 1 nitrogen and oxygen atoms in total. The molecule has 0 heterocycles. The Labute approximate surface area is 78.8 Å². The van der Waals surface area contributed by atoms with Gasteiger partial charge in [0.1, 0.15) is 0 Å². The zero-order chi connectivity index (χ0) is 9.42. The molecule has 1 saturated carbocycles. The van der Waals surface area contributed by atoms with Gasteiger partial charge < -0.3 is 0 Å². The van der Waals surface area contributed by atoms with Crippen molar-refractivity contribution in [1.82, 2.24) is 0 Å². The van der Waals surface area contributed by atoms with Crippen LogP contribution in [0.5, 0.6) is 0 Å². The fourth-order valence-electron chi connectivity index (χ4n) is 2.57. The van der Waals surface area contributed by atoms with E-state index in [1.807, 2.05) is 12.2 Å². The maximum atomic E-state index is 11.5. The minimum absolute atomic E-state index is 0.195. The lowest BCUT2D eigenvalue weighted by Crippen LogP contribution is -2.24. The van der Waals surface area contributed by atoms with Crippen molar-refractivity contribution >= 4 is 5.78 Å². The van der Waals surface area contributed by atoms with E-state index in [9.17, 15) is 4.79 Å². The molecule has 2 rings (SSSR count). The highest BCUT2D eigenvalue weighted by Crippen LogP contribution is 2.44. The van der Waals surface area contributed by atoms with E-state index in [0.29, 0.717) is 11.8 Å². The highest BCUT2D eigenvalue weighted by Gasteiger charge is 2.40. The first kappa shape index (κ1) is 8.49. The monoisotopic (exact) mass is 174 g/mol. The van der Waals surface area contributed by atoms with Gasteiger partial charge in [0.2, 0.25) is 0 Å². The molecule has 2 aliphatic carbocycles. The lowest BCUT2D eigenvalue weighted by atomic mass is 9.78. The van der Waals surface area contributed by atoms with Gasteiger partial charge in [-0.1, -0.05) is 24.3 Å². The Bertz CT molecular complexity index is 298. The van der Waals surface area contributed by atoms with E-state index in [2.05, 4.69) is 13.2 Å². The number of hydrogen-bond acceptors (Lipinski definition) is 1. The summed E-state index contributed by atoms with van der Waals surface area (Å²) in [5, 5.41) is 0. The normalized spacial score (nSPS) is 37.7. The van der Waals surface area contributed by atoms with Crippen LogP contribution < -0.4 is 0 Å². The molecule has 3 unspecified atom stereocenters. The smallest absolute Gasteiger partial charge is 0.159 e. The first-order chi connectivity index (χ1) is 6.24. The summed E-state index contributed by atoms with van der Waals surface area (Å²) in [7, 11) is 0. The van der Waals surface area contributed by atoms with Gasteiger partial charge in [-0.2, -0.15) is 0 Å². The molecule has 0 aromatic carbocycles. The van der Waals surface area contributed by atoms with Crippen LogP contribution in [0.1, 0.15) is 12.8 Å². The van der Waals surface area contributed by atoms with Gasteiger partial charge in [0.25, 0.3) is 0 Å². The summed E-state index contributed by atoms with van der Waals surface area (Å²) in [6, 6.07) is 0.